The minimum Gasteiger partial charge on any atom is -0.444 e. The molecule has 0 spiro atoms. The van der Waals surface area contributed by atoms with Crippen molar-refractivity contribution in [3.8, 4) is 11.3 Å². The van der Waals surface area contributed by atoms with Crippen molar-refractivity contribution in [3.63, 3.8) is 0 Å². The van der Waals surface area contributed by atoms with Crippen molar-refractivity contribution in [1.82, 2.24) is 14.9 Å². The second-order valence-electron chi connectivity index (χ2n) is 13.3. The summed E-state index contributed by atoms with van der Waals surface area (Å²) in [5.41, 5.74) is 4.23. The minimum atomic E-state index is -0.529. The van der Waals surface area contributed by atoms with Crippen LogP contribution in [0.1, 0.15) is 65.5 Å². The Kier molecular flexibility index (Phi) is 9.60. The number of H-pyrrole nitrogens is 1. The molecule has 1 saturated heterocycles. The van der Waals surface area contributed by atoms with E-state index in [1.54, 1.807) is 6.07 Å². The lowest BCUT2D eigenvalue weighted by Crippen LogP contribution is -2.46. The summed E-state index contributed by atoms with van der Waals surface area (Å²) in [5, 5.41) is 0. The molecule has 0 unspecified atom stereocenters. The van der Waals surface area contributed by atoms with E-state index >= 15 is 0 Å². The van der Waals surface area contributed by atoms with Crippen LogP contribution in [0.25, 0.3) is 11.3 Å². The molecule has 0 saturated carbocycles. The van der Waals surface area contributed by atoms with Crippen LogP contribution in [-0.4, -0.2) is 52.2 Å². The quantitative estimate of drug-likeness (QED) is 0.288. The number of aromatic nitrogens is 2. The van der Waals surface area contributed by atoms with Gasteiger partial charge in [-0.1, -0.05) is 45.0 Å². The zero-order chi connectivity index (χ0) is 30.7. The molecule has 8 nitrogen and oxygen atoms in total. The number of benzene rings is 2. The van der Waals surface area contributed by atoms with Crippen LogP contribution in [0.15, 0.2) is 58.2 Å². The zero-order valence-corrected chi connectivity index (χ0v) is 27.0. The number of nitrogens with one attached hydrogen (secondary N) is 2. The number of amides is 1. The molecule has 3 aromatic rings. The van der Waals surface area contributed by atoms with Crippen molar-refractivity contribution in [2.45, 2.75) is 84.8 Å². The maximum Gasteiger partial charge on any atom is 0.410 e. The summed E-state index contributed by atoms with van der Waals surface area (Å²) < 4.78 is 8.98. The zero-order valence-electron chi connectivity index (χ0n) is 26.2. The number of anilines is 2. The summed E-state index contributed by atoms with van der Waals surface area (Å²) in [5.74, 6) is 0.406. The highest BCUT2D eigenvalue weighted by Crippen LogP contribution is 2.32. The van der Waals surface area contributed by atoms with Crippen LogP contribution in [-0.2, 0) is 4.74 Å². The van der Waals surface area contributed by atoms with Crippen molar-refractivity contribution in [2.24, 2.45) is 5.41 Å². The van der Waals surface area contributed by atoms with Gasteiger partial charge in [-0.25, -0.2) is 9.78 Å². The lowest BCUT2D eigenvalue weighted by molar-refractivity contribution is 0.0243. The maximum absolute atomic E-state index is 13.0. The lowest BCUT2D eigenvalue weighted by Gasteiger charge is -2.37. The fraction of sp³-hybridized carbons (Fsp3) is 0.485. The molecule has 0 aliphatic carbocycles. The number of carbonyl (C=O) groups excluding carboxylic acids is 1. The number of hydrogen-bond acceptors (Lipinski definition) is 7. The Morgan fingerprint density at radius 2 is 1.74 bits per heavy atom. The smallest absolute Gasteiger partial charge is 0.410 e. The van der Waals surface area contributed by atoms with E-state index in [-0.39, 0.29) is 23.1 Å². The second-order valence-corrected chi connectivity index (χ2v) is 14.2. The minimum absolute atomic E-state index is 0.0821. The first-order chi connectivity index (χ1) is 19.7. The average Bonchev–Trinajstić information content (AvgIpc) is 3.08. The molecule has 9 heteroatoms. The number of carbonyl (C=O) groups is 1. The average molecular weight is 592 g/mol. The number of hydrogen-bond donors (Lipinski definition) is 2. The summed E-state index contributed by atoms with van der Waals surface area (Å²) in [6, 6.07) is 16.1. The first-order valence-corrected chi connectivity index (χ1v) is 15.5. The van der Waals surface area contributed by atoms with Gasteiger partial charge in [0.1, 0.15) is 5.60 Å². The third-order valence-electron chi connectivity index (χ3n) is 7.09. The van der Waals surface area contributed by atoms with Crippen LogP contribution in [0.3, 0.4) is 0 Å². The Hall–Kier alpha value is -3.46. The van der Waals surface area contributed by atoms with Gasteiger partial charge in [0, 0.05) is 47.9 Å². The Labute approximate surface area is 254 Å². The van der Waals surface area contributed by atoms with Gasteiger partial charge in [0.25, 0.3) is 5.56 Å². The lowest BCUT2D eigenvalue weighted by atomic mass is 9.87. The Balaban J connectivity index is 1.54. The van der Waals surface area contributed by atoms with E-state index in [0.717, 1.165) is 46.7 Å². The van der Waals surface area contributed by atoms with E-state index in [1.807, 2.05) is 69.9 Å². The van der Waals surface area contributed by atoms with E-state index < -0.39 is 5.60 Å². The molecule has 4 rings (SSSR count). The van der Waals surface area contributed by atoms with Crippen molar-refractivity contribution < 1.29 is 9.53 Å². The Morgan fingerprint density at radius 3 is 2.40 bits per heavy atom. The molecule has 0 bridgehead atoms. The van der Waals surface area contributed by atoms with E-state index in [9.17, 15) is 9.59 Å². The van der Waals surface area contributed by atoms with Crippen LogP contribution in [0, 0.1) is 19.3 Å². The molecule has 2 aromatic carbocycles. The normalized spacial score (nSPS) is 16.2. The first-order valence-electron chi connectivity index (χ1n) is 14.6. The van der Waals surface area contributed by atoms with Gasteiger partial charge in [0.15, 0.2) is 0 Å². The fourth-order valence-corrected chi connectivity index (χ4v) is 6.10. The summed E-state index contributed by atoms with van der Waals surface area (Å²) in [7, 11) is 0. The van der Waals surface area contributed by atoms with E-state index in [0.29, 0.717) is 24.7 Å². The van der Waals surface area contributed by atoms with Gasteiger partial charge in [-0.15, -0.1) is 0 Å². The molecule has 0 radical (unpaired) electrons. The number of aromatic amines is 1. The van der Waals surface area contributed by atoms with Crippen molar-refractivity contribution in [3.05, 3.63) is 70.0 Å². The molecule has 1 fully saturated rings. The summed E-state index contributed by atoms with van der Waals surface area (Å²) in [4.78, 5) is 38.4. The number of nitrogens with zero attached hydrogens (tertiary/aromatic N) is 3. The number of rotatable bonds is 6. The monoisotopic (exact) mass is 591 g/mol. The Morgan fingerprint density at radius 1 is 1.05 bits per heavy atom. The van der Waals surface area contributed by atoms with Gasteiger partial charge in [0.2, 0.25) is 5.95 Å². The topological polar surface area (TPSA) is 90.6 Å². The maximum atomic E-state index is 13.0. The molecule has 1 amide bonds. The van der Waals surface area contributed by atoms with Gasteiger partial charge < -0.3 is 14.5 Å². The molecule has 1 atom stereocenters. The SMILES string of the molecule is Cc1cccc(C)c1-c1cc(=O)[nH]c(NSc2cccc(N3CCCN(C(=O)OC(C)(C)C)C[C@@H]3CC(C)(C)C)c2)n1. The molecular weight excluding hydrogens is 546 g/mol. The predicted octanol–water partition coefficient (Wildman–Crippen LogP) is 7.42. The van der Waals surface area contributed by atoms with Gasteiger partial charge in [0.05, 0.1) is 5.69 Å². The van der Waals surface area contributed by atoms with E-state index in [1.165, 1.54) is 11.9 Å². The number of aryl methyl sites for hydroxylation is 2. The van der Waals surface area contributed by atoms with Crippen LogP contribution in [0.2, 0.25) is 0 Å². The van der Waals surface area contributed by atoms with E-state index in [2.05, 4.69) is 47.5 Å². The fourth-order valence-electron chi connectivity index (χ4n) is 5.46. The van der Waals surface area contributed by atoms with Gasteiger partial charge in [-0.3, -0.25) is 14.5 Å². The molecule has 1 aliphatic rings. The number of ether oxygens (including phenoxy) is 1. The van der Waals surface area contributed by atoms with Crippen molar-refractivity contribution in [1.29, 1.82) is 0 Å². The standard InChI is InChI=1S/C33H45N5O3S/c1-22-12-9-13-23(2)29(22)27-19-28(39)35-30(34-27)36-42-26-15-10-14-24(18-26)38-17-11-16-37(31(40)41-33(6,7)8)21-25(38)20-32(3,4)5/h9-10,12-15,18-19,25H,11,16-17,20-21H2,1-8H3,(H2,34,35,36,39)/t25-/m0/s1. The second kappa shape index (κ2) is 12.8. The van der Waals surface area contributed by atoms with Crippen molar-refractivity contribution >= 4 is 29.7 Å². The summed E-state index contributed by atoms with van der Waals surface area (Å²) in [6.07, 6.45) is 1.53. The predicted molar refractivity (Wildman–Crippen MR) is 173 cm³/mol. The molecule has 1 aromatic heterocycles. The highest BCUT2D eigenvalue weighted by molar-refractivity contribution is 8.00. The highest BCUT2D eigenvalue weighted by Gasteiger charge is 2.32. The third-order valence-corrected chi connectivity index (χ3v) is 7.88. The van der Waals surface area contributed by atoms with Crippen molar-refractivity contribution in [2.75, 3.05) is 29.3 Å². The van der Waals surface area contributed by atoms with Gasteiger partial charge in [-0.05, 0) is 94.1 Å². The molecule has 42 heavy (non-hydrogen) atoms. The molecule has 226 valence electrons. The summed E-state index contributed by atoms with van der Waals surface area (Å²) >= 11 is 1.41. The van der Waals surface area contributed by atoms with Gasteiger partial charge in [-0.2, -0.15) is 0 Å². The third kappa shape index (κ3) is 8.53. The molecular formula is C33H45N5O3S. The first kappa shape index (κ1) is 31.5. The van der Waals surface area contributed by atoms with E-state index in [4.69, 9.17) is 9.72 Å². The van der Waals surface area contributed by atoms with Crippen LogP contribution < -0.4 is 15.2 Å². The Bertz CT molecular complexity index is 1440. The van der Waals surface area contributed by atoms with Crippen LogP contribution >= 0.6 is 11.9 Å². The largest absolute Gasteiger partial charge is 0.444 e. The molecule has 2 heterocycles. The highest BCUT2D eigenvalue weighted by atomic mass is 32.2. The van der Waals surface area contributed by atoms with Crippen LogP contribution in [0.5, 0.6) is 0 Å². The summed E-state index contributed by atoms with van der Waals surface area (Å²) in [6.45, 7) is 18.6. The molecule has 1 aliphatic heterocycles. The van der Waals surface area contributed by atoms with Gasteiger partial charge >= 0.3 is 6.09 Å². The molecule has 2 N–H and O–H groups in total. The van der Waals surface area contributed by atoms with Crippen LogP contribution in [0.4, 0.5) is 16.4 Å².